The van der Waals surface area contributed by atoms with Gasteiger partial charge >= 0.3 is 5.97 Å². The summed E-state index contributed by atoms with van der Waals surface area (Å²) in [4.78, 5) is 24.8. The van der Waals surface area contributed by atoms with Crippen molar-refractivity contribution in [2.45, 2.75) is 4.90 Å². The third-order valence-electron chi connectivity index (χ3n) is 3.10. The van der Waals surface area contributed by atoms with E-state index >= 15 is 0 Å². The number of benzene rings is 2. The zero-order chi connectivity index (χ0) is 17.5. The average Bonchev–Trinajstić information content (AvgIpc) is 2.59. The van der Waals surface area contributed by atoms with Crippen molar-refractivity contribution in [3.05, 3.63) is 53.1 Å². The number of carbonyl (C=O) groups excluding carboxylic acids is 2. The molecular formula is C17H16ClNO4S. The van der Waals surface area contributed by atoms with Gasteiger partial charge in [0.15, 0.2) is 6.61 Å². The lowest BCUT2D eigenvalue weighted by Crippen LogP contribution is -2.21. The largest absolute Gasteiger partial charge is 0.495 e. The molecule has 0 atom stereocenters. The van der Waals surface area contributed by atoms with Crippen LogP contribution in [0.4, 0.5) is 5.69 Å². The van der Waals surface area contributed by atoms with Gasteiger partial charge in [-0.15, -0.1) is 11.8 Å². The fourth-order valence-corrected chi connectivity index (χ4v) is 2.81. The van der Waals surface area contributed by atoms with Gasteiger partial charge in [0.05, 0.1) is 17.7 Å². The fraction of sp³-hybridized carbons (Fsp3) is 0.176. The third-order valence-corrected chi connectivity index (χ3v) is 4.19. The Labute approximate surface area is 149 Å². The number of hydrogen-bond acceptors (Lipinski definition) is 5. The van der Waals surface area contributed by atoms with Gasteiger partial charge in [0.25, 0.3) is 5.91 Å². The molecule has 24 heavy (non-hydrogen) atoms. The summed E-state index contributed by atoms with van der Waals surface area (Å²) in [7, 11) is 1.51. The second-order valence-electron chi connectivity index (χ2n) is 4.67. The SMILES string of the molecule is COc1ccc(NC(=O)COC(=O)c2ccccc2SC)cc1Cl. The molecule has 0 aromatic heterocycles. The molecule has 0 fully saturated rings. The number of rotatable bonds is 6. The molecule has 126 valence electrons. The van der Waals surface area contributed by atoms with E-state index in [1.807, 2.05) is 18.4 Å². The van der Waals surface area contributed by atoms with Crippen molar-refractivity contribution in [2.24, 2.45) is 0 Å². The lowest BCUT2D eigenvalue weighted by atomic mass is 10.2. The number of halogens is 1. The van der Waals surface area contributed by atoms with Crippen LogP contribution in [0.3, 0.4) is 0 Å². The highest BCUT2D eigenvalue weighted by Gasteiger charge is 2.14. The quantitative estimate of drug-likeness (QED) is 0.622. The number of thioether (sulfide) groups is 1. The Morgan fingerprint density at radius 1 is 1.21 bits per heavy atom. The summed E-state index contributed by atoms with van der Waals surface area (Å²) in [5.74, 6) is -0.483. The van der Waals surface area contributed by atoms with Crippen LogP contribution in [0.15, 0.2) is 47.4 Å². The van der Waals surface area contributed by atoms with Gasteiger partial charge < -0.3 is 14.8 Å². The first-order valence-electron chi connectivity index (χ1n) is 6.98. The van der Waals surface area contributed by atoms with Gasteiger partial charge in [0.1, 0.15) is 5.75 Å². The molecule has 7 heteroatoms. The van der Waals surface area contributed by atoms with E-state index < -0.39 is 11.9 Å². The number of esters is 1. The summed E-state index contributed by atoms with van der Waals surface area (Å²) >= 11 is 7.43. The van der Waals surface area contributed by atoms with Gasteiger partial charge in [-0.1, -0.05) is 23.7 Å². The molecule has 0 heterocycles. The minimum absolute atomic E-state index is 0.376. The predicted octanol–water partition coefficient (Wildman–Crippen LogP) is 3.87. The normalized spacial score (nSPS) is 10.1. The molecule has 5 nitrogen and oxygen atoms in total. The molecule has 1 amide bonds. The zero-order valence-corrected chi connectivity index (χ0v) is 14.7. The Kier molecular flexibility index (Phi) is 6.52. The van der Waals surface area contributed by atoms with E-state index in [0.717, 1.165) is 4.90 Å². The second kappa shape index (κ2) is 8.61. The molecule has 0 aliphatic heterocycles. The summed E-state index contributed by atoms with van der Waals surface area (Å²) < 4.78 is 10.1. The summed E-state index contributed by atoms with van der Waals surface area (Å²) in [6, 6.07) is 11.9. The minimum atomic E-state index is -0.539. The van der Waals surface area contributed by atoms with Crippen molar-refractivity contribution < 1.29 is 19.1 Å². The van der Waals surface area contributed by atoms with E-state index in [1.165, 1.54) is 18.9 Å². The first kappa shape index (κ1) is 18.2. The molecule has 1 N–H and O–H groups in total. The second-order valence-corrected chi connectivity index (χ2v) is 5.93. The highest BCUT2D eigenvalue weighted by molar-refractivity contribution is 7.98. The fourth-order valence-electron chi connectivity index (χ4n) is 1.96. The molecule has 0 unspecified atom stereocenters. The van der Waals surface area contributed by atoms with E-state index in [2.05, 4.69) is 5.32 Å². The van der Waals surface area contributed by atoms with Crippen molar-refractivity contribution in [3.8, 4) is 5.75 Å². The number of methoxy groups -OCH3 is 1. The van der Waals surface area contributed by atoms with Crippen LogP contribution in [0.1, 0.15) is 10.4 Å². The topological polar surface area (TPSA) is 64.6 Å². The van der Waals surface area contributed by atoms with E-state index in [-0.39, 0.29) is 6.61 Å². The van der Waals surface area contributed by atoms with Crippen molar-refractivity contribution in [2.75, 3.05) is 25.3 Å². The highest BCUT2D eigenvalue weighted by atomic mass is 35.5. The number of anilines is 1. The molecular weight excluding hydrogens is 350 g/mol. The molecule has 0 bridgehead atoms. The predicted molar refractivity (Wildman–Crippen MR) is 95.1 cm³/mol. The van der Waals surface area contributed by atoms with Gasteiger partial charge in [0, 0.05) is 10.6 Å². The number of hydrogen-bond donors (Lipinski definition) is 1. The standard InChI is InChI=1S/C17H16ClNO4S/c1-22-14-8-7-11(9-13(14)18)19-16(20)10-23-17(21)12-5-3-4-6-15(12)24-2/h3-9H,10H2,1-2H3,(H,19,20). The summed E-state index contributed by atoms with van der Waals surface area (Å²) in [6.07, 6.45) is 1.87. The summed E-state index contributed by atoms with van der Waals surface area (Å²) in [5, 5.41) is 2.98. The van der Waals surface area contributed by atoms with Gasteiger partial charge in [-0.05, 0) is 36.6 Å². The van der Waals surface area contributed by atoms with Crippen LogP contribution in [-0.2, 0) is 9.53 Å². The monoisotopic (exact) mass is 365 g/mol. The summed E-state index contributed by atoms with van der Waals surface area (Å²) in [6.45, 7) is -0.384. The number of amides is 1. The van der Waals surface area contributed by atoms with Crippen LogP contribution >= 0.6 is 23.4 Å². The van der Waals surface area contributed by atoms with Crippen molar-refractivity contribution in [1.29, 1.82) is 0 Å². The van der Waals surface area contributed by atoms with Crippen LogP contribution in [0, 0.1) is 0 Å². The van der Waals surface area contributed by atoms with E-state index in [0.29, 0.717) is 22.0 Å². The first-order chi connectivity index (χ1) is 11.5. The van der Waals surface area contributed by atoms with E-state index in [4.69, 9.17) is 21.1 Å². The summed E-state index contributed by atoms with van der Waals surface area (Å²) in [5.41, 5.74) is 0.927. The maximum absolute atomic E-state index is 12.1. The number of carbonyl (C=O) groups is 2. The third kappa shape index (κ3) is 4.66. The Balaban J connectivity index is 1.93. The Morgan fingerprint density at radius 2 is 1.96 bits per heavy atom. The molecule has 0 spiro atoms. The molecule has 0 aliphatic carbocycles. The van der Waals surface area contributed by atoms with Crippen LogP contribution in [0.2, 0.25) is 5.02 Å². The molecule has 0 saturated carbocycles. The zero-order valence-electron chi connectivity index (χ0n) is 13.2. The molecule has 0 aliphatic rings. The highest BCUT2D eigenvalue weighted by Crippen LogP contribution is 2.27. The number of ether oxygens (including phenoxy) is 2. The Hall–Kier alpha value is -2.18. The maximum atomic E-state index is 12.1. The van der Waals surface area contributed by atoms with Crippen molar-refractivity contribution >= 4 is 40.9 Å². The van der Waals surface area contributed by atoms with Gasteiger partial charge in [-0.3, -0.25) is 4.79 Å². The molecule has 2 rings (SSSR count). The van der Waals surface area contributed by atoms with E-state index in [1.54, 1.807) is 30.3 Å². The van der Waals surface area contributed by atoms with Crippen molar-refractivity contribution in [3.63, 3.8) is 0 Å². The lowest BCUT2D eigenvalue weighted by Gasteiger charge is -2.09. The molecule has 2 aromatic rings. The van der Waals surface area contributed by atoms with Gasteiger partial charge in [0.2, 0.25) is 0 Å². The van der Waals surface area contributed by atoms with Crippen molar-refractivity contribution in [1.82, 2.24) is 0 Å². The molecule has 2 aromatic carbocycles. The van der Waals surface area contributed by atoms with Crippen LogP contribution in [0.25, 0.3) is 0 Å². The molecule has 0 saturated heterocycles. The van der Waals surface area contributed by atoms with Crippen LogP contribution < -0.4 is 10.1 Å². The maximum Gasteiger partial charge on any atom is 0.339 e. The average molecular weight is 366 g/mol. The Morgan fingerprint density at radius 3 is 2.62 bits per heavy atom. The Bertz CT molecular complexity index is 751. The minimum Gasteiger partial charge on any atom is -0.495 e. The van der Waals surface area contributed by atoms with Crippen LogP contribution in [-0.4, -0.2) is 31.8 Å². The molecule has 0 radical (unpaired) electrons. The van der Waals surface area contributed by atoms with Crippen LogP contribution in [0.5, 0.6) is 5.75 Å². The lowest BCUT2D eigenvalue weighted by molar-refractivity contribution is -0.119. The van der Waals surface area contributed by atoms with Gasteiger partial charge in [-0.25, -0.2) is 4.79 Å². The van der Waals surface area contributed by atoms with Gasteiger partial charge in [-0.2, -0.15) is 0 Å². The smallest absolute Gasteiger partial charge is 0.339 e. The first-order valence-corrected chi connectivity index (χ1v) is 8.59. The number of nitrogens with one attached hydrogen (secondary N) is 1. The van der Waals surface area contributed by atoms with E-state index in [9.17, 15) is 9.59 Å².